The Kier molecular flexibility index (Phi) is 20.1. The number of unbranched alkanes of at least 4 members (excludes halogenated alkanes) is 18. The number of hydrogen-bond acceptors (Lipinski definition) is 4. The van der Waals surface area contributed by atoms with Gasteiger partial charge in [-0.15, -0.1) is 0 Å². The van der Waals surface area contributed by atoms with Crippen molar-refractivity contribution in [2.24, 2.45) is 0 Å². The van der Waals surface area contributed by atoms with E-state index in [0.29, 0.717) is 35.6 Å². The second kappa shape index (κ2) is 23.8. The van der Waals surface area contributed by atoms with Crippen molar-refractivity contribution in [3.8, 4) is 11.4 Å². The minimum absolute atomic E-state index is 0.0904. The standard InChI is InChI=1S/C36H58N4O2/c1-3-5-7-9-11-13-15-17-19-21-27-37-35(41)31-23-25-33(39-29-31)34-26-24-32(30-40-34)36(42)38-28-22-20-18-16-14-12-10-8-6-4-2/h23-26,29-30H,3-22,27-28H2,1-2H3,(H,37,41)(H,38,42). The van der Waals surface area contributed by atoms with Gasteiger partial charge in [-0.25, -0.2) is 0 Å². The van der Waals surface area contributed by atoms with E-state index in [4.69, 9.17) is 0 Å². The molecule has 2 rings (SSSR count). The Labute approximate surface area is 256 Å². The van der Waals surface area contributed by atoms with Crippen LogP contribution in [-0.4, -0.2) is 34.9 Å². The fourth-order valence-electron chi connectivity index (χ4n) is 5.19. The third-order valence-corrected chi connectivity index (χ3v) is 7.95. The van der Waals surface area contributed by atoms with Crippen molar-refractivity contribution in [3.05, 3.63) is 47.8 Å². The van der Waals surface area contributed by atoms with Crippen LogP contribution in [-0.2, 0) is 0 Å². The third-order valence-electron chi connectivity index (χ3n) is 7.95. The molecular formula is C36H58N4O2. The van der Waals surface area contributed by atoms with E-state index in [0.717, 1.165) is 25.7 Å². The van der Waals surface area contributed by atoms with Crippen LogP contribution >= 0.6 is 0 Å². The number of carbonyl (C=O) groups excluding carboxylic acids is 2. The van der Waals surface area contributed by atoms with Gasteiger partial charge in [0.15, 0.2) is 0 Å². The summed E-state index contributed by atoms with van der Waals surface area (Å²) in [6.07, 6.45) is 28.8. The van der Waals surface area contributed by atoms with Gasteiger partial charge in [0.25, 0.3) is 11.8 Å². The first-order valence-corrected chi connectivity index (χ1v) is 17.1. The quantitative estimate of drug-likeness (QED) is 0.115. The van der Waals surface area contributed by atoms with Crippen LogP contribution in [0.25, 0.3) is 11.4 Å². The zero-order chi connectivity index (χ0) is 30.1. The van der Waals surface area contributed by atoms with Crippen molar-refractivity contribution in [1.29, 1.82) is 0 Å². The molecule has 0 saturated carbocycles. The Bertz CT molecular complexity index is 880. The SMILES string of the molecule is CCCCCCCCCCCCNC(=O)c1ccc(-c2ccc(C(=O)NCCCCCCCCCCCC)cn2)nc1. The van der Waals surface area contributed by atoms with Crippen molar-refractivity contribution in [1.82, 2.24) is 20.6 Å². The van der Waals surface area contributed by atoms with E-state index in [2.05, 4.69) is 34.4 Å². The highest BCUT2D eigenvalue weighted by Crippen LogP contribution is 2.16. The third kappa shape index (κ3) is 16.0. The topological polar surface area (TPSA) is 84.0 Å². The maximum atomic E-state index is 12.5. The van der Waals surface area contributed by atoms with Crippen molar-refractivity contribution >= 4 is 11.8 Å². The van der Waals surface area contributed by atoms with Crippen LogP contribution in [0.5, 0.6) is 0 Å². The lowest BCUT2D eigenvalue weighted by Crippen LogP contribution is -2.24. The molecule has 0 unspecified atom stereocenters. The summed E-state index contributed by atoms with van der Waals surface area (Å²) < 4.78 is 0. The van der Waals surface area contributed by atoms with Crippen LogP contribution < -0.4 is 10.6 Å². The molecule has 0 fully saturated rings. The van der Waals surface area contributed by atoms with Crippen LogP contribution in [0.3, 0.4) is 0 Å². The van der Waals surface area contributed by atoms with Crippen molar-refractivity contribution in [2.75, 3.05) is 13.1 Å². The van der Waals surface area contributed by atoms with Crippen molar-refractivity contribution < 1.29 is 9.59 Å². The molecule has 2 aromatic heterocycles. The predicted molar refractivity (Wildman–Crippen MR) is 176 cm³/mol. The van der Waals surface area contributed by atoms with Gasteiger partial charge in [-0.05, 0) is 37.1 Å². The molecular weight excluding hydrogens is 520 g/mol. The number of carbonyl (C=O) groups is 2. The molecule has 0 atom stereocenters. The highest BCUT2D eigenvalue weighted by atomic mass is 16.2. The van der Waals surface area contributed by atoms with Crippen LogP contribution in [0, 0.1) is 0 Å². The van der Waals surface area contributed by atoms with Crippen LogP contribution in [0.4, 0.5) is 0 Å². The van der Waals surface area contributed by atoms with E-state index >= 15 is 0 Å². The lowest BCUT2D eigenvalue weighted by Gasteiger charge is -2.07. The fourth-order valence-corrected chi connectivity index (χ4v) is 5.19. The molecule has 0 aromatic carbocycles. The molecule has 0 saturated heterocycles. The summed E-state index contributed by atoms with van der Waals surface area (Å²) in [5, 5.41) is 6.01. The minimum atomic E-state index is -0.0904. The summed E-state index contributed by atoms with van der Waals surface area (Å²) in [7, 11) is 0. The highest BCUT2D eigenvalue weighted by molar-refractivity contribution is 5.94. The molecule has 2 N–H and O–H groups in total. The molecule has 0 spiro atoms. The van der Waals surface area contributed by atoms with Gasteiger partial charge in [-0.2, -0.15) is 0 Å². The molecule has 0 aliphatic carbocycles. The highest BCUT2D eigenvalue weighted by Gasteiger charge is 2.09. The molecule has 0 aliphatic heterocycles. The van der Waals surface area contributed by atoms with Gasteiger partial charge >= 0.3 is 0 Å². The second-order valence-electron chi connectivity index (χ2n) is 11.7. The molecule has 0 aliphatic rings. The van der Waals surface area contributed by atoms with E-state index in [9.17, 15) is 9.59 Å². The van der Waals surface area contributed by atoms with E-state index in [-0.39, 0.29) is 11.8 Å². The molecule has 0 radical (unpaired) electrons. The number of hydrogen-bond donors (Lipinski definition) is 2. The van der Waals surface area contributed by atoms with Gasteiger partial charge < -0.3 is 10.6 Å². The first kappa shape index (κ1) is 35.4. The smallest absolute Gasteiger partial charge is 0.252 e. The van der Waals surface area contributed by atoms with E-state index in [1.807, 2.05) is 12.1 Å². The van der Waals surface area contributed by atoms with Crippen LogP contribution in [0.2, 0.25) is 0 Å². The van der Waals surface area contributed by atoms with Gasteiger partial charge in [0.2, 0.25) is 0 Å². The number of pyridine rings is 2. The van der Waals surface area contributed by atoms with Gasteiger partial charge in [-0.1, -0.05) is 129 Å². The van der Waals surface area contributed by atoms with Gasteiger partial charge in [0, 0.05) is 25.5 Å². The number of rotatable bonds is 25. The molecule has 234 valence electrons. The normalized spacial score (nSPS) is 11.0. The fraction of sp³-hybridized carbons (Fsp3) is 0.667. The van der Waals surface area contributed by atoms with Crippen molar-refractivity contribution in [2.45, 2.75) is 142 Å². The molecule has 2 heterocycles. The summed E-state index contributed by atoms with van der Waals surface area (Å²) >= 11 is 0. The maximum Gasteiger partial charge on any atom is 0.252 e. The average molecular weight is 579 g/mol. The summed E-state index contributed by atoms with van der Waals surface area (Å²) in [5.41, 5.74) is 2.46. The van der Waals surface area contributed by atoms with E-state index in [1.165, 1.54) is 103 Å². The average Bonchev–Trinajstić information content (AvgIpc) is 3.02. The summed E-state index contributed by atoms with van der Waals surface area (Å²) in [6.45, 7) is 5.90. The molecule has 2 amide bonds. The Morgan fingerprint density at radius 3 is 1.07 bits per heavy atom. The first-order valence-electron chi connectivity index (χ1n) is 17.1. The maximum absolute atomic E-state index is 12.5. The Morgan fingerprint density at radius 2 is 0.786 bits per heavy atom. The minimum Gasteiger partial charge on any atom is -0.352 e. The zero-order valence-corrected chi connectivity index (χ0v) is 26.7. The lowest BCUT2D eigenvalue weighted by molar-refractivity contribution is 0.0944. The van der Waals surface area contributed by atoms with Gasteiger partial charge in [0.05, 0.1) is 22.5 Å². The largest absolute Gasteiger partial charge is 0.352 e. The molecule has 6 heteroatoms. The monoisotopic (exact) mass is 578 g/mol. The van der Waals surface area contributed by atoms with E-state index < -0.39 is 0 Å². The predicted octanol–water partition coefficient (Wildman–Crippen LogP) is 9.45. The second-order valence-corrected chi connectivity index (χ2v) is 11.7. The van der Waals surface area contributed by atoms with Crippen LogP contribution in [0.15, 0.2) is 36.7 Å². The summed E-state index contributed by atoms with van der Waals surface area (Å²) in [4.78, 5) is 33.8. The van der Waals surface area contributed by atoms with E-state index in [1.54, 1.807) is 24.5 Å². The Hall–Kier alpha value is -2.76. The molecule has 2 aromatic rings. The lowest BCUT2D eigenvalue weighted by atomic mass is 10.1. The Morgan fingerprint density at radius 1 is 0.476 bits per heavy atom. The molecule has 0 bridgehead atoms. The van der Waals surface area contributed by atoms with Gasteiger partial charge in [0.1, 0.15) is 0 Å². The first-order chi connectivity index (χ1) is 20.7. The molecule has 6 nitrogen and oxygen atoms in total. The Balaban J connectivity index is 1.58. The summed E-state index contributed by atoms with van der Waals surface area (Å²) in [5.74, 6) is -0.181. The number of amides is 2. The van der Waals surface area contributed by atoms with Crippen LogP contribution in [0.1, 0.15) is 163 Å². The van der Waals surface area contributed by atoms with Crippen molar-refractivity contribution in [3.63, 3.8) is 0 Å². The number of aromatic nitrogens is 2. The number of nitrogens with zero attached hydrogens (tertiary/aromatic N) is 2. The zero-order valence-electron chi connectivity index (χ0n) is 26.7. The summed E-state index contributed by atoms with van der Waals surface area (Å²) in [6, 6.07) is 7.18. The molecule has 42 heavy (non-hydrogen) atoms. The number of nitrogens with one attached hydrogen (secondary N) is 2. The van der Waals surface area contributed by atoms with Gasteiger partial charge in [-0.3, -0.25) is 19.6 Å².